The molecule has 13 heteroatoms. The number of imidazole rings is 1. The predicted octanol–water partition coefficient (Wildman–Crippen LogP) is 5.35. The summed E-state index contributed by atoms with van der Waals surface area (Å²) < 4.78 is 7.82. The number of aryl methyl sites for hydroxylation is 3. The van der Waals surface area contributed by atoms with Crippen molar-refractivity contribution in [2.24, 2.45) is 28.9 Å². The van der Waals surface area contributed by atoms with Crippen molar-refractivity contribution in [2.75, 3.05) is 5.73 Å². The Morgan fingerprint density at radius 1 is 1.04 bits per heavy atom. The number of phenols is 1. The van der Waals surface area contributed by atoms with E-state index in [-0.39, 0.29) is 17.6 Å². The van der Waals surface area contributed by atoms with E-state index < -0.39 is 29.9 Å². The van der Waals surface area contributed by atoms with Crippen LogP contribution in [0.1, 0.15) is 91.4 Å². The van der Waals surface area contributed by atoms with Crippen LogP contribution in [-0.4, -0.2) is 53.7 Å². The summed E-state index contributed by atoms with van der Waals surface area (Å²) in [4.78, 5) is 40.6. The third-order valence-electron chi connectivity index (χ3n) is 12.6. The third kappa shape index (κ3) is 7.98. The maximum atomic E-state index is 14.5. The van der Waals surface area contributed by atoms with Crippen molar-refractivity contribution in [3.8, 4) is 5.75 Å². The van der Waals surface area contributed by atoms with Crippen molar-refractivity contribution < 1.29 is 19.2 Å². The van der Waals surface area contributed by atoms with E-state index >= 15 is 0 Å². The van der Waals surface area contributed by atoms with E-state index in [4.69, 9.17) is 21.0 Å². The Morgan fingerprint density at radius 2 is 1.75 bits per heavy atom. The zero-order valence-electron chi connectivity index (χ0n) is 31.8. The van der Waals surface area contributed by atoms with Gasteiger partial charge in [0, 0.05) is 55.3 Å². The van der Waals surface area contributed by atoms with Crippen LogP contribution in [-0.2, 0) is 35.4 Å². The van der Waals surface area contributed by atoms with E-state index in [1.807, 2.05) is 44.3 Å². The van der Waals surface area contributed by atoms with Gasteiger partial charge in [0.2, 0.25) is 17.7 Å². The average Bonchev–Trinajstić information content (AvgIpc) is 3.88. The van der Waals surface area contributed by atoms with Gasteiger partial charge in [-0.05, 0) is 129 Å². The van der Waals surface area contributed by atoms with Crippen molar-refractivity contribution >= 4 is 28.7 Å². The van der Waals surface area contributed by atoms with E-state index in [9.17, 15) is 14.7 Å². The predicted molar refractivity (Wildman–Crippen MR) is 209 cm³/mol. The molecule has 8 N–H and O–H groups in total. The van der Waals surface area contributed by atoms with Crippen molar-refractivity contribution in [1.82, 2.24) is 35.3 Å². The topological polar surface area (TPSA) is 203 Å². The first kappa shape index (κ1) is 36.8. The monoisotopic (exact) mass is 747 g/mol. The molecule has 4 aliphatic rings. The molecule has 9 rings (SSSR count). The third-order valence-corrected chi connectivity index (χ3v) is 12.6. The van der Waals surface area contributed by atoms with Crippen molar-refractivity contribution in [3.63, 3.8) is 0 Å². The van der Waals surface area contributed by atoms with Gasteiger partial charge in [0.05, 0.1) is 6.04 Å². The Morgan fingerprint density at radius 3 is 2.44 bits per heavy atom. The minimum Gasteiger partial charge on any atom is -0.508 e. The van der Waals surface area contributed by atoms with E-state index in [2.05, 4.69) is 25.8 Å². The lowest BCUT2D eigenvalue weighted by molar-refractivity contribution is -0.130. The molecular weight excluding hydrogens is 695 g/mol. The molecule has 13 nitrogen and oxygen atoms in total. The fraction of sp³-hybridized carbons (Fsp3) is 0.500. The molecule has 3 unspecified atom stereocenters. The molecule has 2 amide bonds. The number of rotatable bonds is 15. The van der Waals surface area contributed by atoms with Gasteiger partial charge in [-0.2, -0.15) is 4.98 Å². The molecule has 0 aliphatic heterocycles. The summed E-state index contributed by atoms with van der Waals surface area (Å²) in [5.41, 5.74) is 17.0. The Bertz CT molecular complexity index is 2110. The molecule has 3 aromatic heterocycles. The molecule has 4 fully saturated rings. The van der Waals surface area contributed by atoms with Crippen LogP contribution < -0.4 is 22.1 Å². The highest BCUT2D eigenvalue weighted by atomic mass is 16.5. The number of benzene rings is 2. The molecule has 0 radical (unpaired) electrons. The molecule has 3 heterocycles. The largest absolute Gasteiger partial charge is 0.508 e. The molecule has 4 aliphatic carbocycles. The van der Waals surface area contributed by atoms with Gasteiger partial charge < -0.3 is 41.3 Å². The Kier molecular flexibility index (Phi) is 10.1. The standard InChI is InChI=1S/C42H53N9O4/c1-24-12-30(52)13-25(2)32(24)18-35(47-38(53)33(43)7-5-10-51-11-9-45-41(51)44)39(54)48-36(17-29-23-46-34-8-4-3-6-31(29)34)40-49-37(50-55-40)22-42-19-26-14-27(20-42)16-28(15-26)21-42/h3-4,6,8-9,11-13,23,26-28,33,35-36,46,52H,5,7,10,14-22,43H2,1-2H3,(H2,44,45)(H,47,53)(H,48,54). The van der Waals surface area contributed by atoms with Crippen molar-refractivity contribution in [1.29, 1.82) is 0 Å². The smallest absolute Gasteiger partial charge is 0.249 e. The van der Waals surface area contributed by atoms with Gasteiger partial charge in [-0.1, -0.05) is 23.4 Å². The number of nitrogen functional groups attached to an aromatic ring is 1. The van der Waals surface area contributed by atoms with E-state index in [1.165, 1.54) is 38.5 Å². The molecule has 4 bridgehead atoms. The van der Waals surface area contributed by atoms with Crippen LogP contribution >= 0.6 is 0 Å². The number of hydrogen-bond acceptors (Lipinski definition) is 9. The van der Waals surface area contributed by atoms with E-state index in [1.54, 1.807) is 29.1 Å². The number of fused-ring (bicyclic) bond motifs is 1. The maximum Gasteiger partial charge on any atom is 0.249 e. The molecule has 4 saturated carbocycles. The quantitative estimate of drug-likeness (QED) is 0.0817. The van der Waals surface area contributed by atoms with Crippen LogP contribution in [0.3, 0.4) is 0 Å². The lowest BCUT2D eigenvalue weighted by Gasteiger charge is -2.56. The number of hydrogen-bond donors (Lipinski definition) is 6. The second-order valence-corrected chi connectivity index (χ2v) is 16.8. The Hall–Kier alpha value is -5.17. The van der Waals surface area contributed by atoms with Crippen LogP contribution in [0.15, 0.2) is 59.5 Å². The summed E-state index contributed by atoms with van der Waals surface area (Å²) in [5.74, 6) is 3.17. The number of phenolic OH excluding ortho intramolecular Hbond substituents is 1. The summed E-state index contributed by atoms with van der Waals surface area (Å²) in [6, 6.07) is 8.86. The minimum atomic E-state index is -0.982. The van der Waals surface area contributed by atoms with Gasteiger partial charge >= 0.3 is 0 Å². The Balaban J connectivity index is 1.04. The first-order valence-corrected chi connectivity index (χ1v) is 19.8. The van der Waals surface area contributed by atoms with Gasteiger partial charge in [0.15, 0.2) is 11.8 Å². The second kappa shape index (κ2) is 15.2. The number of amides is 2. The molecular formula is C42H53N9O4. The molecule has 2 aromatic carbocycles. The number of H-pyrrole nitrogens is 1. The summed E-state index contributed by atoms with van der Waals surface area (Å²) in [6.45, 7) is 4.33. The van der Waals surface area contributed by atoms with Gasteiger partial charge in [-0.3, -0.25) is 9.59 Å². The highest BCUT2D eigenvalue weighted by Gasteiger charge is 2.51. The number of carbonyl (C=O) groups is 2. The SMILES string of the molecule is Cc1cc(O)cc(C)c1CC(NC(=O)C(N)CCCn1ccnc1N)C(=O)NC(Cc1c[nH]c2ccccc12)c1nc(CC23CC4CC(CC(C4)C2)C3)no1. The zero-order valence-corrected chi connectivity index (χ0v) is 31.8. The van der Waals surface area contributed by atoms with E-state index in [0.29, 0.717) is 43.5 Å². The van der Waals surface area contributed by atoms with Gasteiger partial charge in [0.25, 0.3) is 0 Å². The number of para-hydroxylation sites is 1. The Labute approximate surface area is 321 Å². The average molecular weight is 748 g/mol. The summed E-state index contributed by atoms with van der Waals surface area (Å²) >= 11 is 0. The number of nitrogens with two attached hydrogens (primary N) is 2. The number of nitrogens with zero attached hydrogens (tertiary/aromatic N) is 4. The van der Waals surface area contributed by atoms with Crippen LogP contribution in [0.2, 0.25) is 0 Å². The van der Waals surface area contributed by atoms with E-state index in [0.717, 1.165) is 57.3 Å². The number of nitrogens with one attached hydrogen (secondary N) is 3. The number of aromatic hydroxyl groups is 1. The van der Waals surface area contributed by atoms with Crippen LogP contribution in [0, 0.1) is 37.0 Å². The fourth-order valence-electron chi connectivity index (χ4n) is 10.4. The summed E-state index contributed by atoms with van der Waals surface area (Å²) in [6.07, 6.45) is 15.5. The molecule has 55 heavy (non-hydrogen) atoms. The molecule has 5 aromatic rings. The lowest BCUT2D eigenvalue weighted by Crippen LogP contribution is -2.53. The number of aromatic nitrogens is 5. The number of carbonyl (C=O) groups excluding carboxylic acids is 2. The normalized spacial score (nSPS) is 23.1. The maximum absolute atomic E-state index is 14.5. The molecule has 0 spiro atoms. The summed E-state index contributed by atoms with van der Waals surface area (Å²) in [7, 11) is 0. The molecule has 0 saturated heterocycles. The molecule has 3 atom stereocenters. The van der Waals surface area contributed by atoms with Gasteiger partial charge in [-0.25, -0.2) is 4.98 Å². The first-order chi connectivity index (χ1) is 26.5. The fourth-order valence-corrected chi connectivity index (χ4v) is 10.4. The van der Waals surface area contributed by atoms with Crippen molar-refractivity contribution in [3.05, 3.63) is 89.0 Å². The second-order valence-electron chi connectivity index (χ2n) is 16.8. The van der Waals surface area contributed by atoms with Crippen molar-refractivity contribution in [2.45, 2.75) is 109 Å². The minimum absolute atomic E-state index is 0.142. The highest BCUT2D eigenvalue weighted by Crippen LogP contribution is 2.61. The van der Waals surface area contributed by atoms with Crippen LogP contribution in [0.5, 0.6) is 5.75 Å². The highest BCUT2D eigenvalue weighted by molar-refractivity contribution is 5.90. The lowest BCUT2D eigenvalue weighted by atomic mass is 9.49. The van der Waals surface area contributed by atoms with Crippen LogP contribution in [0.25, 0.3) is 10.9 Å². The van der Waals surface area contributed by atoms with Gasteiger partial charge in [-0.15, -0.1) is 0 Å². The number of aromatic amines is 1. The van der Waals surface area contributed by atoms with Crippen LogP contribution in [0.4, 0.5) is 5.95 Å². The summed E-state index contributed by atoms with van der Waals surface area (Å²) in [5, 5.41) is 22.0. The molecule has 290 valence electrons. The zero-order chi connectivity index (χ0) is 38.3. The van der Waals surface area contributed by atoms with Gasteiger partial charge in [0.1, 0.15) is 17.8 Å². The number of anilines is 1. The first-order valence-electron chi connectivity index (χ1n) is 19.8.